The minimum Gasteiger partial charge on any atom is -0.325 e. The van der Waals surface area contributed by atoms with E-state index in [0.717, 1.165) is 36.7 Å². The Morgan fingerprint density at radius 2 is 2.00 bits per heavy atom. The first kappa shape index (κ1) is 14.8. The number of halogens is 2. The first-order valence-corrected chi connectivity index (χ1v) is 7.50. The minimum atomic E-state index is -0.361. The highest BCUT2D eigenvalue weighted by atomic mass is 35.5. The number of rotatable bonds is 3. The molecule has 0 bridgehead atoms. The molecule has 0 aliphatic heterocycles. The molecule has 106 valence electrons. The van der Waals surface area contributed by atoms with E-state index >= 15 is 0 Å². The van der Waals surface area contributed by atoms with Crippen molar-refractivity contribution in [3.05, 3.63) is 34.6 Å². The Balaban J connectivity index is 2.00. The first-order chi connectivity index (χ1) is 8.89. The van der Waals surface area contributed by atoms with Gasteiger partial charge in [-0.25, -0.2) is 4.39 Å². The summed E-state index contributed by atoms with van der Waals surface area (Å²) in [6, 6.07) is 4.94. The molecule has 1 fully saturated rings. The predicted octanol–water partition coefficient (Wildman–Crippen LogP) is 4.57. The monoisotopic (exact) mass is 283 g/mol. The smallest absolute Gasteiger partial charge is 0.141 e. The largest absolute Gasteiger partial charge is 0.325 e. The van der Waals surface area contributed by atoms with Crippen LogP contribution in [0.2, 0.25) is 5.02 Å². The summed E-state index contributed by atoms with van der Waals surface area (Å²) < 4.78 is 13.1. The van der Waals surface area contributed by atoms with Crippen LogP contribution in [0.3, 0.4) is 0 Å². The number of hydrogen-bond donors (Lipinski definition) is 1. The summed E-state index contributed by atoms with van der Waals surface area (Å²) >= 11 is 5.83. The summed E-state index contributed by atoms with van der Waals surface area (Å²) in [5.41, 5.74) is 7.40. The molecule has 19 heavy (non-hydrogen) atoms. The molecule has 0 amide bonds. The predicted molar refractivity (Wildman–Crippen MR) is 78.8 cm³/mol. The van der Waals surface area contributed by atoms with Gasteiger partial charge in [-0.2, -0.15) is 0 Å². The van der Waals surface area contributed by atoms with Gasteiger partial charge in [0.15, 0.2) is 0 Å². The van der Waals surface area contributed by atoms with Gasteiger partial charge in [0, 0.05) is 5.54 Å². The van der Waals surface area contributed by atoms with Crippen molar-refractivity contribution in [2.75, 3.05) is 0 Å². The van der Waals surface area contributed by atoms with Gasteiger partial charge in [-0.05, 0) is 61.6 Å². The van der Waals surface area contributed by atoms with Crippen molar-refractivity contribution in [1.29, 1.82) is 0 Å². The van der Waals surface area contributed by atoms with Crippen LogP contribution >= 0.6 is 11.6 Å². The van der Waals surface area contributed by atoms with Crippen LogP contribution in [0.25, 0.3) is 0 Å². The highest BCUT2D eigenvalue weighted by molar-refractivity contribution is 6.30. The second kappa shape index (κ2) is 5.80. The fraction of sp³-hybridized carbons (Fsp3) is 0.625. The van der Waals surface area contributed by atoms with Crippen molar-refractivity contribution in [1.82, 2.24) is 0 Å². The molecule has 3 heteroatoms. The van der Waals surface area contributed by atoms with Gasteiger partial charge in [0.2, 0.25) is 0 Å². The van der Waals surface area contributed by atoms with Gasteiger partial charge >= 0.3 is 0 Å². The van der Waals surface area contributed by atoms with Crippen LogP contribution in [0.15, 0.2) is 18.2 Å². The standard InChI is InChI=1S/C16H23ClFN/c1-11(2)13-5-7-16(19,8-6-13)10-12-3-4-15(18)14(17)9-12/h3-4,9,11,13H,5-8,10,19H2,1-2H3. The molecule has 1 saturated carbocycles. The zero-order valence-corrected chi connectivity index (χ0v) is 12.5. The van der Waals surface area contributed by atoms with E-state index in [1.165, 1.54) is 18.9 Å². The topological polar surface area (TPSA) is 26.0 Å². The second-order valence-electron chi connectivity index (χ2n) is 6.37. The molecule has 0 atom stereocenters. The van der Waals surface area contributed by atoms with Gasteiger partial charge in [0.1, 0.15) is 5.82 Å². The summed E-state index contributed by atoms with van der Waals surface area (Å²) in [4.78, 5) is 0. The highest BCUT2D eigenvalue weighted by Crippen LogP contribution is 2.36. The van der Waals surface area contributed by atoms with Crippen LogP contribution in [0, 0.1) is 17.7 Å². The molecule has 1 nitrogen and oxygen atoms in total. The van der Waals surface area contributed by atoms with Gasteiger partial charge in [-0.3, -0.25) is 0 Å². The Bertz CT molecular complexity index is 436. The van der Waals surface area contributed by atoms with Crippen molar-refractivity contribution < 1.29 is 4.39 Å². The molecule has 1 aliphatic carbocycles. The lowest BCUT2D eigenvalue weighted by Gasteiger charge is -2.38. The van der Waals surface area contributed by atoms with Crippen LogP contribution in [0.1, 0.15) is 45.1 Å². The van der Waals surface area contributed by atoms with E-state index in [0.29, 0.717) is 0 Å². The Hall–Kier alpha value is -0.600. The van der Waals surface area contributed by atoms with E-state index in [9.17, 15) is 4.39 Å². The van der Waals surface area contributed by atoms with Gasteiger partial charge in [0.05, 0.1) is 5.02 Å². The quantitative estimate of drug-likeness (QED) is 0.864. The summed E-state index contributed by atoms with van der Waals surface area (Å²) in [5, 5.41) is 0.192. The van der Waals surface area contributed by atoms with Crippen molar-refractivity contribution in [3.63, 3.8) is 0 Å². The van der Waals surface area contributed by atoms with Crippen LogP contribution in [0.4, 0.5) is 4.39 Å². The Morgan fingerprint density at radius 1 is 1.37 bits per heavy atom. The molecule has 2 rings (SSSR count). The molecule has 1 aliphatic rings. The molecule has 0 radical (unpaired) electrons. The maximum Gasteiger partial charge on any atom is 0.141 e. The number of benzene rings is 1. The fourth-order valence-electron chi connectivity index (χ4n) is 3.11. The molecule has 1 aromatic carbocycles. The first-order valence-electron chi connectivity index (χ1n) is 7.12. The van der Waals surface area contributed by atoms with Gasteiger partial charge in [-0.15, -0.1) is 0 Å². The van der Waals surface area contributed by atoms with Crippen LogP contribution < -0.4 is 5.73 Å². The molecular weight excluding hydrogens is 261 g/mol. The van der Waals surface area contributed by atoms with Crippen LogP contribution in [0.5, 0.6) is 0 Å². The minimum absolute atomic E-state index is 0.146. The summed E-state index contributed by atoms with van der Waals surface area (Å²) in [5.74, 6) is 1.18. The Labute approximate surface area is 120 Å². The molecule has 0 unspecified atom stereocenters. The molecule has 0 saturated heterocycles. The van der Waals surface area contributed by atoms with E-state index in [-0.39, 0.29) is 16.4 Å². The van der Waals surface area contributed by atoms with Gasteiger partial charge in [-0.1, -0.05) is 31.5 Å². The van der Waals surface area contributed by atoms with E-state index in [1.54, 1.807) is 12.1 Å². The van der Waals surface area contributed by atoms with Gasteiger partial charge < -0.3 is 5.73 Å². The molecular formula is C16H23ClFN. The Morgan fingerprint density at radius 3 is 2.53 bits per heavy atom. The average molecular weight is 284 g/mol. The number of nitrogens with two attached hydrogens (primary N) is 1. The highest BCUT2D eigenvalue weighted by Gasteiger charge is 2.32. The maximum atomic E-state index is 13.1. The van der Waals surface area contributed by atoms with Crippen molar-refractivity contribution >= 4 is 11.6 Å². The van der Waals surface area contributed by atoms with Crippen LogP contribution in [-0.4, -0.2) is 5.54 Å². The lowest BCUT2D eigenvalue weighted by molar-refractivity contribution is 0.194. The lowest BCUT2D eigenvalue weighted by atomic mass is 9.71. The maximum absolute atomic E-state index is 13.1. The Kier molecular flexibility index (Phi) is 4.52. The molecule has 0 aromatic heterocycles. The van der Waals surface area contributed by atoms with E-state index in [4.69, 9.17) is 17.3 Å². The van der Waals surface area contributed by atoms with Crippen molar-refractivity contribution in [3.8, 4) is 0 Å². The number of hydrogen-bond acceptors (Lipinski definition) is 1. The third kappa shape index (κ3) is 3.70. The molecule has 0 heterocycles. The molecule has 0 spiro atoms. The third-order valence-corrected chi connectivity index (χ3v) is 4.80. The summed E-state index contributed by atoms with van der Waals surface area (Å²) in [7, 11) is 0. The molecule has 2 N–H and O–H groups in total. The summed E-state index contributed by atoms with van der Waals surface area (Å²) in [6.07, 6.45) is 5.28. The zero-order chi connectivity index (χ0) is 14.0. The van der Waals surface area contributed by atoms with Crippen LogP contribution in [-0.2, 0) is 6.42 Å². The zero-order valence-electron chi connectivity index (χ0n) is 11.8. The van der Waals surface area contributed by atoms with Gasteiger partial charge in [0.25, 0.3) is 0 Å². The lowest BCUT2D eigenvalue weighted by Crippen LogP contribution is -2.45. The van der Waals surface area contributed by atoms with E-state index in [2.05, 4.69) is 13.8 Å². The van der Waals surface area contributed by atoms with Crippen molar-refractivity contribution in [2.24, 2.45) is 17.6 Å². The second-order valence-corrected chi connectivity index (χ2v) is 6.78. The molecule has 1 aromatic rings. The summed E-state index contributed by atoms with van der Waals surface area (Å²) in [6.45, 7) is 4.57. The third-order valence-electron chi connectivity index (χ3n) is 4.51. The average Bonchev–Trinajstić information content (AvgIpc) is 2.34. The SMILES string of the molecule is CC(C)C1CCC(N)(Cc2ccc(F)c(Cl)c2)CC1. The van der Waals surface area contributed by atoms with Crippen molar-refractivity contribution in [2.45, 2.75) is 51.5 Å². The van der Waals surface area contributed by atoms with E-state index < -0.39 is 0 Å². The fourth-order valence-corrected chi connectivity index (χ4v) is 3.32. The normalized spacial score (nSPS) is 27.8. The van der Waals surface area contributed by atoms with E-state index in [1.807, 2.05) is 0 Å².